The first-order chi connectivity index (χ1) is 8.30. The molecule has 18 heavy (non-hydrogen) atoms. The molecule has 1 aliphatic rings. The summed E-state index contributed by atoms with van der Waals surface area (Å²) in [6.45, 7) is 6.34. The van der Waals surface area contributed by atoms with Gasteiger partial charge in [0.2, 0.25) is 0 Å². The van der Waals surface area contributed by atoms with Crippen molar-refractivity contribution < 1.29 is 19.4 Å². The molecule has 0 aromatic carbocycles. The second-order valence-corrected chi connectivity index (χ2v) is 5.22. The summed E-state index contributed by atoms with van der Waals surface area (Å²) in [6.07, 6.45) is 0.304. The fourth-order valence-electron chi connectivity index (χ4n) is 1.81. The Labute approximate surface area is 107 Å². The van der Waals surface area contributed by atoms with Crippen LogP contribution in [0.4, 0.5) is 4.79 Å². The van der Waals surface area contributed by atoms with E-state index in [9.17, 15) is 14.7 Å². The van der Waals surface area contributed by atoms with Gasteiger partial charge >= 0.3 is 12.0 Å². The molecule has 1 heterocycles. The topological polar surface area (TPSA) is 78.9 Å². The van der Waals surface area contributed by atoms with Gasteiger partial charge in [-0.2, -0.15) is 0 Å². The average Bonchev–Trinajstić information content (AvgIpc) is 2.76. The van der Waals surface area contributed by atoms with Crippen molar-refractivity contribution in [1.29, 1.82) is 0 Å². The molecule has 6 heteroatoms. The van der Waals surface area contributed by atoms with Crippen LogP contribution < -0.4 is 5.32 Å². The first-order valence-corrected chi connectivity index (χ1v) is 6.16. The summed E-state index contributed by atoms with van der Waals surface area (Å²) in [5.74, 6) is -0.736. The standard InChI is InChI=1S/C12H22N2O4/c1-8(2)9(3)14(4)11(17)13-12(10(15)16)5-6-18-7-12/h8-9H,5-7H2,1-4H3,(H,13,17)(H,15,16). The highest BCUT2D eigenvalue weighted by molar-refractivity contribution is 5.86. The van der Waals surface area contributed by atoms with E-state index in [2.05, 4.69) is 5.32 Å². The summed E-state index contributed by atoms with van der Waals surface area (Å²) < 4.78 is 5.10. The molecule has 0 spiro atoms. The van der Waals surface area contributed by atoms with Crippen LogP contribution >= 0.6 is 0 Å². The molecule has 2 atom stereocenters. The van der Waals surface area contributed by atoms with E-state index in [-0.39, 0.29) is 18.7 Å². The molecule has 2 N–H and O–H groups in total. The summed E-state index contributed by atoms with van der Waals surface area (Å²) >= 11 is 0. The minimum Gasteiger partial charge on any atom is -0.479 e. The Hall–Kier alpha value is -1.30. The first kappa shape index (κ1) is 14.8. The number of urea groups is 1. The third-order valence-corrected chi connectivity index (χ3v) is 3.67. The lowest BCUT2D eigenvalue weighted by Crippen LogP contribution is -2.59. The number of ether oxygens (including phenoxy) is 1. The number of hydrogen-bond acceptors (Lipinski definition) is 3. The third-order valence-electron chi connectivity index (χ3n) is 3.67. The minimum atomic E-state index is -1.28. The maximum atomic E-state index is 12.1. The number of aliphatic carboxylic acids is 1. The molecular weight excluding hydrogens is 236 g/mol. The number of carboxylic acids is 1. The lowest BCUT2D eigenvalue weighted by Gasteiger charge is -2.32. The highest BCUT2D eigenvalue weighted by atomic mass is 16.5. The van der Waals surface area contributed by atoms with E-state index in [1.807, 2.05) is 20.8 Å². The van der Waals surface area contributed by atoms with Crippen LogP contribution in [0.1, 0.15) is 27.2 Å². The molecule has 0 aromatic heterocycles. The zero-order valence-corrected chi connectivity index (χ0v) is 11.4. The summed E-state index contributed by atoms with van der Waals surface area (Å²) in [5.41, 5.74) is -1.28. The molecule has 0 saturated carbocycles. The van der Waals surface area contributed by atoms with Gasteiger partial charge < -0.3 is 20.1 Å². The molecule has 2 amide bonds. The van der Waals surface area contributed by atoms with Crippen molar-refractivity contribution in [3.63, 3.8) is 0 Å². The predicted molar refractivity (Wildman–Crippen MR) is 66.4 cm³/mol. The van der Waals surface area contributed by atoms with E-state index in [1.54, 1.807) is 7.05 Å². The van der Waals surface area contributed by atoms with Gasteiger partial charge in [-0.05, 0) is 12.8 Å². The molecular formula is C12H22N2O4. The van der Waals surface area contributed by atoms with E-state index < -0.39 is 11.5 Å². The van der Waals surface area contributed by atoms with Crippen LogP contribution in [0.15, 0.2) is 0 Å². The lowest BCUT2D eigenvalue weighted by molar-refractivity contribution is -0.144. The van der Waals surface area contributed by atoms with Crippen molar-refractivity contribution in [2.45, 2.75) is 38.8 Å². The van der Waals surface area contributed by atoms with E-state index in [1.165, 1.54) is 4.90 Å². The van der Waals surface area contributed by atoms with Crippen LogP contribution in [0.25, 0.3) is 0 Å². The molecule has 2 unspecified atom stereocenters. The lowest BCUT2D eigenvalue weighted by atomic mass is 9.99. The summed E-state index contributed by atoms with van der Waals surface area (Å²) in [5, 5.41) is 11.8. The summed E-state index contributed by atoms with van der Waals surface area (Å²) in [6, 6.07) is -0.331. The van der Waals surface area contributed by atoms with Gasteiger partial charge in [-0.3, -0.25) is 0 Å². The third kappa shape index (κ3) is 2.93. The molecule has 0 bridgehead atoms. The molecule has 1 rings (SSSR count). The number of carbonyl (C=O) groups is 2. The van der Waals surface area contributed by atoms with Gasteiger partial charge in [0.1, 0.15) is 0 Å². The Morgan fingerprint density at radius 1 is 1.39 bits per heavy atom. The minimum absolute atomic E-state index is 0.0258. The van der Waals surface area contributed by atoms with Crippen molar-refractivity contribution >= 4 is 12.0 Å². The zero-order chi connectivity index (χ0) is 13.9. The quantitative estimate of drug-likeness (QED) is 0.785. The van der Waals surface area contributed by atoms with Gasteiger partial charge in [-0.1, -0.05) is 13.8 Å². The zero-order valence-electron chi connectivity index (χ0n) is 11.4. The maximum Gasteiger partial charge on any atom is 0.332 e. The largest absolute Gasteiger partial charge is 0.479 e. The Morgan fingerprint density at radius 2 is 2.00 bits per heavy atom. The molecule has 6 nitrogen and oxygen atoms in total. The van der Waals surface area contributed by atoms with Gasteiger partial charge in [0, 0.05) is 26.1 Å². The van der Waals surface area contributed by atoms with Crippen LogP contribution in [-0.2, 0) is 9.53 Å². The second kappa shape index (κ2) is 5.56. The SMILES string of the molecule is CC(C)C(C)N(C)C(=O)NC1(C(=O)O)CCOC1. The van der Waals surface area contributed by atoms with Gasteiger partial charge in [-0.15, -0.1) is 0 Å². The number of nitrogens with zero attached hydrogens (tertiary/aromatic N) is 1. The molecule has 1 fully saturated rings. The Balaban J connectivity index is 2.71. The molecule has 104 valence electrons. The number of carbonyl (C=O) groups excluding carboxylic acids is 1. The van der Waals surface area contributed by atoms with Crippen molar-refractivity contribution in [2.24, 2.45) is 5.92 Å². The van der Waals surface area contributed by atoms with Crippen molar-refractivity contribution in [1.82, 2.24) is 10.2 Å². The number of rotatable bonds is 4. The second-order valence-electron chi connectivity index (χ2n) is 5.22. The predicted octanol–water partition coefficient (Wildman–Crippen LogP) is 0.916. The van der Waals surface area contributed by atoms with Crippen molar-refractivity contribution in [3.05, 3.63) is 0 Å². The van der Waals surface area contributed by atoms with E-state index >= 15 is 0 Å². The number of hydrogen-bond donors (Lipinski definition) is 2. The molecule has 0 radical (unpaired) electrons. The Bertz CT molecular complexity index is 324. The molecule has 0 aromatic rings. The van der Waals surface area contributed by atoms with Crippen LogP contribution in [0.3, 0.4) is 0 Å². The molecule has 1 saturated heterocycles. The normalized spacial score (nSPS) is 24.9. The van der Waals surface area contributed by atoms with E-state index in [4.69, 9.17) is 4.74 Å². The average molecular weight is 258 g/mol. The Morgan fingerprint density at radius 3 is 2.39 bits per heavy atom. The highest BCUT2D eigenvalue weighted by Gasteiger charge is 2.44. The Kier molecular flexibility index (Phi) is 4.56. The summed E-state index contributed by atoms with van der Waals surface area (Å²) in [4.78, 5) is 24.9. The van der Waals surface area contributed by atoms with Gasteiger partial charge in [0.25, 0.3) is 0 Å². The van der Waals surface area contributed by atoms with Crippen LogP contribution in [0.5, 0.6) is 0 Å². The molecule has 0 aliphatic carbocycles. The molecule has 1 aliphatic heterocycles. The monoisotopic (exact) mass is 258 g/mol. The fourth-order valence-corrected chi connectivity index (χ4v) is 1.81. The highest BCUT2D eigenvalue weighted by Crippen LogP contribution is 2.20. The van der Waals surface area contributed by atoms with Gasteiger partial charge in [0.15, 0.2) is 5.54 Å². The number of amides is 2. The van der Waals surface area contributed by atoms with E-state index in [0.717, 1.165) is 0 Å². The number of carboxylic acid groups (broad SMARTS) is 1. The van der Waals surface area contributed by atoms with Crippen molar-refractivity contribution in [3.8, 4) is 0 Å². The van der Waals surface area contributed by atoms with Crippen LogP contribution in [0.2, 0.25) is 0 Å². The first-order valence-electron chi connectivity index (χ1n) is 6.16. The smallest absolute Gasteiger partial charge is 0.332 e. The van der Waals surface area contributed by atoms with Gasteiger partial charge in [-0.25, -0.2) is 9.59 Å². The number of nitrogens with one attached hydrogen (secondary N) is 1. The maximum absolute atomic E-state index is 12.1. The van der Waals surface area contributed by atoms with Crippen molar-refractivity contribution in [2.75, 3.05) is 20.3 Å². The summed E-state index contributed by atoms with van der Waals surface area (Å²) in [7, 11) is 1.67. The fraction of sp³-hybridized carbons (Fsp3) is 0.833. The van der Waals surface area contributed by atoms with Crippen LogP contribution in [-0.4, -0.2) is 53.8 Å². The van der Waals surface area contributed by atoms with E-state index in [0.29, 0.717) is 18.9 Å². The van der Waals surface area contributed by atoms with Crippen LogP contribution in [0, 0.1) is 5.92 Å². The van der Waals surface area contributed by atoms with Gasteiger partial charge in [0.05, 0.1) is 6.61 Å².